The largest absolute Gasteiger partial charge is 0.380 e. The molecule has 15 heavy (non-hydrogen) atoms. The Morgan fingerprint density at radius 3 is 2.40 bits per heavy atom. The summed E-state index contributed by atoms with van der Waals surface area (Å²) in [6, 6.07) is -0.136. The Morgan fingerprint density at radius 2 is 1.93 bits per heavy atom. The Morgan fingerprint density at radius 1 is 1.33 bits per heavy atom. The van der Waals surface area contributed by atoms with Crippen LogP contribution in [0.1, 0.15) is 20.8 Å². The summed E-state index contributed by atoms with van der Waals surface area (Å²) in [5.41, 5.74) is 0. The van der Waals surface area contributed by atoms with Crippen molar-refractivity contribution in [2.45, 2.75) is 26.8 Å². The molecule has 1 atom stereocenters. The molecule has 1 unspecified atom stereocenters. The molecule has 0 saturated heterocycles. The van der Waals surface area contributed by atoms with Crippen LogP contribution >= 0.6 is 0 Å². The van der Waals surface area contributed by atoms with Gasteiger partial charge in [0.25, 0.3) is 0 Å². The Hall–Kier alpha value is -0.610. The first kappa shape index (κ1) is 14.4. The minimum atomic E-state index is -0.136. The Bertz CT molecular complexity index is 181. The van der Waals surface area contributed by atoms with Crippen molar-refractivity contribution < 1.29 is 9.53 Å². The molecule has 0 fully saturated rings. The first-order valence-corrected chi connectivity index (χ1v) is 5.47. The maximum atomic E-state index is 11.4. The van der Waals surface area contributed by atoms with Crippen molar-refractivity contribution in [3.8, 4) is 0 Å². The maximum absolute atomic E-state index is 11.4. The molecule has 1 N–H and O–H groups in total. The minimum absolute atomic E-state index is 0.0962. The van der Waals surface area contributed by atoms with E-state index >= 15 is 0 Å². The van der Waals surface area contributed by atoms with Crippen LogP contribution in [-0.2, 0) is 9.53 Å². The third kappa shape index (κ3) is 7.33. The molecular weight excluding hydrogens is 192 g/mol. The molecule has 4 nitrogen and oxygen atoms in total. The van der Waals surface area contributed by atoms with E-state index in [9.17, 15) is 4.79 Å². The summed E-state index contributed by atoms with van der Waals surface area (Å²) in [6.45, 7) is 8.25. The summed E-state index contributed by atoms with van der Waals surface area (Å²) in [5.74, 6) is 0.657. The van der Waals surface area contributed by atoms with Crippen LogP contribution in [0, 0.1) is 5.92 Å². The highest BCUT2D eigenvalue weighted by atomic mass is 16.5. The van der Waals surface area contributed by atoms with Crippen molar-refractivity contribution in [2.24, 2.45) is 5.92 Å². The second-order valence-electron chi connectivity index (χ2n) is 4.38. The SMILES string of the molecule is CC(C)COCCNC(C)C(=O)N(C)C. The quantitative estimate of drug-likeness (QED) is 0.638. The van der Waals surface area contributed by atoms with Gasteiger partial charge in [-0.05, 0) is 12.8 Å². The predicted octanol–water partition coefficient (Wildman–Crippen LogP) is 0.725. The van der Waals surface area contributed by atoms with Crippen molar-refractivity contribution in [2.75, 3.05) is 33.9 Å². The highest BCUT2D eigenvalue weighted by Crippen LogP contribution is 1.92. The molecule has 0 spiro atoms. The van der Waals surface area contributed by atoms with Gasteiger partial charge >= 0.3 is 0 Å². The average Bonchev–Trinajstić information content (AvgIpc) is 2.15. The molecule has 0 rings (SSSR count). The second kappa shape index (κ2) is 7.65. The Kier molecular flexibility index (Phi) is 7.34. The van der Waals surface area contributed by atoms with Crippen LogP contribution < -0.4 is 5.32 Å². The lowest BCUT2D eigenvalue weighted by molar-refractivity contribution is -0.130. The molecule has 0 aliphatic rings. The van der Waals surface area contributed by atoms with Crippen LogP contribution in [0.5, 0.6) is 0 Å². The van der Waals surface area contributed by atoms with E-state index in [2.05, 4.69) is 19.2 Å². The van der Waals surface area contributed by atoms with Gasteiger partial charge in [0.1, 0.15) is 0 Å². The smallest absolute Gasteiger partial charge is 0.238 e. The summed E-state index contributed by atoms with van der Waals surface area (Å²) >= 11 is 0. The Labute approximate surface area is 93.0 Å². The highest BCUT2D eigenvalue weighted by Gasteiger charge is 2.12. The molecule has 0 bridgehead atoms. The molecule has 90 valence electrons. The topological polar surface area (TPSA) is 41.6 Å². The van der Waals surface area contributed by atoms with E-state index in [1.807, 2.05) is 6.92 Å². The second-order valence-corrected chi connectivity index (χ2v) is 4.38. The van der Waals surface area contributed by atoms with Crippen LogP contribution in [-0.4, -0.2) is 50.7 Å². The van der Waals surface area contributed by atoms with Gasteiger partial charge in [-0.1, -0.05) is 13.8 Å². The van der Waals surface area contributed by atoms with Gasteiger partial charge < -0.3 is 15.0 Å². The molecular formula is C11H24N2O2. The molecule has 0 radical (unpaired) electrons. The Balaban J connectivity index is 3.47. The van der Waals surface area contributed by atoms with E-state index in [0.29, 0.717) is 19.1 Å². The van der Waals surface area contributed by atoms with E-state index in [0.717, 1.165) is 6.61 Å². The highest BCUT2D eigenvalue weighted by molar-refractivity contribution is 5.80. The molecule has 0 aliphatic carbocycles. The zero-order valence-electron chi connectivity index (χ0n) is 10.5. The standard InChI is InChI=1S/C11H24N2O2/c1-9(2)8-15-7-6-12-10(3)11(14)13(4)5/h9-10,12H,6-8H2,1-5H3. The lowest BCUT2D eigenvalue weighted by Crippen LogP contribution is -2.42. The molecule has 0 heterocycles. The maximum Gasteiger partial charge on any atom is 0.238 e. The monoisotopic (exact) mass is 216 g/mol. The number of ether oxygens (including phenoxy) is 1. The van der Waals surface area contributed by atoms with Crippen molar-refractivity contribution in [3.05, 3.63) is 0 Å². The molecule has 0 aromatic rings. The van der Waals surface area contributed by atoms with Gasteiger partial charge in [-0.25, -0.2) is 0 Å². The number of rotatable bonds is 7. The van der Waals surface area contributed by atoms with Gasteiger partial charge in [-0.3, -0.25) is 4.79 Å². The van der Waals surface area contributed by atoms with Crippen molar-refractivity contribution >= 4 is 5.91 Å². The molecule has 1 amide bonds. The summed E-state index contributed by atoms with van der Waals surface area (Å²) in [6.07, 6.45) is 0. The van der Waals surface area contributed by atoms with Crippen molar-refractivity contribution in [1.82, 2.24) is 10.2 Å². The van der Waals surface area contributed by atoms with Crippen LogP contribution in [0.2, 0.25) is 0 Å². The minimum Gasteiger partial charge on any atom is -0.380 e. The number of carbonyl (C=O) groups is 1. The summed E-state index contributed by atoms with van der Waals surface area (Å²) in [4.78, 5) is 13.0. The van der Waals surface area contributed by atoms with E-state index in [4.69, 9.17) is 4.74 Å². The van der Waals surface area contributed by atoms with Gasteiger partial charge in [0.05, 0.1) is 12.6 Å². The summed E-state index contributed by atoms with van der Waals surface area (Å²) in [5, 5.41) is 3.12. The van der Waals surface area contributed by atoms with Crippen LogP contribution in [0.3, 0.4) is 0 Å². The van der Waals surface area contributed by atoms with E-state index in [-0.39, 0.29) is 11.9 Å². The zero-order chi connectivity index (χ0) is 11.8. The molecule has 0 aromatic carbocycles. The first-order chi connectivity index (χ1) is 6.95. The number of hydrogen-bond acceptors (Lipinski definition) is 3. The van der Waals surface area contributed by atoms with Crippen LogP contribution in [0.25, 0.3) is 0 Å². The molecule has 0 saturated carbocycles. The van der Waals surface area contributed by atoms with Gasteiger partial charge in [-0.15, -0.1) is 0 Å². The summed E-state index contributed by atoms with van der Waals surface area (Å²) < 4.78 is 5.40. The summed E-state index contributed by atoms with van der Waals surface area (Å²) in [7, 11) is 3.52. The number of carbonyl (C=O) groups excluding carboxylic acids is 1. The van der Waals surface area contributed by atoms with Gasteiger partial charge in [0.15, 0.2) is 0 Å². The van der Waals surface area contributed by atoms with Crippen LogP contribution in [0.4, 0.5) is 0 Å². The number of likely N-dealkylation sites (N-methyl/N-ethyl adjacent to an activating group) is 1. The third-order valence-corrected chi connectivity index (χ3v) is 1.96. The predicted molar refractivity (Wildman–Crippen MR) is 61.8 cm³/mol. The van der Waals surface area contributed by atoms with Gasteiger partial charge in [-0.2, -0.15) is 0 Å². The lowest BCUT2D eigenvalue weighted by atomic mass is 10.2. The number of nitrogens with one attached hydrogen (secondary N) is 1. The van der Waals surface area contributed by atoms with E-state index in [1.165, 1.54) is 0 Å². The fourth-order valence-electron chi connectivity index (χ4n) is 1.14. The molecule has 0 aliphatic heterocycles. The molecule has 0 aromatic heterocycles. The number of nitrogens with zero attached hydrogens (tertiary/aromatic N) is 1. The fourth-order valence-corrected chi connectivity index (χ4v) is 1.14. The fraction of sp³-hybridized carbons (Fsp3) is 0.909. The van der Waals surface area contributed by atoms with E-state index in [1.54, 1.807) is 19.0 Å². The van der Waals surface area contributed by atoms with Crippen molar-refractivity contribution in [3.63, 3.8) is 0 Å². The average molecular weight is 216 g/mol. The lowest BCUT2D eigenvalue weighted by Gasteiger charge is -2.18. The first-order valence-electron chi connectivity index (χ1n) is 5.47. The normalized spacial score (nSPS) is 12.9. The third-order valence-electron chi connectivity index (χ3n) is 1.96. The van der Waals surface area contributed by atoms with Crippen LogP contribution in [0.15, 0.2) is 0 Å². The molecule has 4 heteroatoms. The number of hydrogen-bond donors (Lipinski definition) is 1. The van der Waals surface area contributed by atoms with Gasteiger partial charge in [0, 0.05) is 27.2 Å². The van der Waals surface area contributed by atoms with Crippen molar-refractivity contribution in [1.29, 1.82) is 0 Å². The zero-order valence-corrected chi connectivity index (χ0v) is 10.5. The van der Waals surface area contributed by atoms with E-state index < -0.39 is 0 Å². The number of amides is 1. The van der Waals surface area contributed by atoms with Gasteiger partial charge in [0.2, 0.25) is 5.91 Å².